The largest absolute Gasteiger partial charge is 0.494 e. The molecule has 1 atom stereocenters. The van der Waals surface area contributed by atoms with Gasteiger partial charge in [-0.1, -0.05) is 17.7 Å². The summed E-state index contributed by atoms with van der Waals surface area (Å²) in [5, 5.41) is 7.76. The molecule has 2 aromatic rings. The average molecular weight is 384 g/mol. The zero-order chi connectivity index (χ0) is 19.8. The predicted octanol–water partition coefficient (Wildman–Crippen LogP) is 3.34. The number of unbranched alkanes of at least 4 members (excludes halogenated alkanes) is 1. The molecule has 1 aliphatic rings. The van der Waals surface area contributed by atoms with Gasteiger partial charge in [0.2, 0.25) is 0 Å². The first kappa shape index (κ1) is 20.2. The van der Waals surface area contributed by atoms with E-state index in [-0.39, 0.29) is 0 Å². The number of aliphatic imine (C=N–C) groups is 1. The fourth-order valence-electron chi connectivity index (χ4n) is 3.52. The van der Waals surface area contributed by atoms with Crippen molar-refractivity contribution in [3.8, 4) is 5.75 Å². The predicted molar refractivity (Wildman–Crippen MR) is 114 cm³/mol. The summed E-state index contributed by atoms with van der Waals surface area (Å²) in [6.45, 7) is 8.72. The van der Waals surface area contributed by atoms with E-state index in [0.29, 0.717) is 5.92 Å². The van der Waals surface area contributed by atoms with Crippen molar-refractivity contribution in [1.82, 2.24) is 20.0 Å². The van der Waals surface area contributed by atoms with Gasteiger partial charge in [-0.15, -0.1) is 0 Å². The number of rotatable bonds is 8. The highest BCUT2D eigenvalue weighted by atomic mass is 16.5. The number of ether oxygens (including phenoxy) is 1. The summed E-state index contributed by atoms with van der Waals surface area (Å²) in [5.74, 6) is 2.52. The lowest BCUT2D eigenvalue weighted by atomic mass is 10.0. The van der Waals surface area contributed by atoms with E-state index < -0.39 is 0 Å². The minimum atomic E-state index is 0.542. The van der Waals surface area contributed by atoms with Gasteiger partial charge in [-0.3, -0.25) is 9.67 Å². The smallest absolute Gasteiger partial charge is 0.193 e. The van der Waals surface area contributed by atoms with Crippen molar-refractivity contribution in [3.05, 3.63) is 47.8 Å². The molecule has 1 aromatic heterocycles. The molecule has 28 heavy (non-hydrogen) atoms. The van der Waals surface area contributed by atoms with Gasteiger partial charge >= 0.3 is 0 Å². The number of nitrogens with one attached hydrogen (secondary N) is 1. The fourth-order valence-corrected chi connectivity index (χ4v) is 3.52. The van der Waals surface area contributed by atoms with Gasteiger partial charge in [-0.2, -0.15) is 5.10 Å². The standard InChI is InChI=1S/C22H33N5O/c1-4-23-22(27-13-11-19(17-27)20-15-25-26(3)16-20)24-12-5-6-14-28-21-9-7-18(2)8-10-21/h7-10,15-16,19H,4-6,11-14,17H2,1-3H3,(H,23,24). The van der Waals surface area contributed by atoms with Crippen molar-refractivity contribution in [2.24, 2.45) is 12.0 Å². The first-order valence-corrected chi connectivity index (χ1v) is 10.4. The van der Waals surface area contributed by atoms with Crippen LogP contribution in [0.15, 0.2) is 41.7 Å². The second kappa shape index (κ2) is 10.2. The first-order chi connectivity index (χ1) is 13.7. The monoisotopic (exact) mass is 383 g/mol. The summed E-state index contributed by atoms with van der Waals surface area (Å²) in [6.07, 6.45) is 7.31. The Morgan fingerprint density at radius 1 is 1.29 bits per heavy atom. The highest BCUT2D eigenvalue weighted by Gasteiger charge is 2.26. The van der Waals surface area contributed by atoms with Crippen LogP contribution in [0.25, 0.3) is 0 Å². The summed E-state index contributed by atoms with van der Waals surface area (Å²) in [4.78, 5) is 7.22. The molecule has 1 N–H and O–H groups in total. The van der Waals surface area contributed by atoms with E-state index in [4.69, 9.17) is 9.73 Å². The van der Waals surface area contributed by atoms with E-state index in [1.807, 2.05) is 30.1 Å². The molecule has 0 saturated carbocycles. The molecule has 1 unspecified atom stereocenters. The second-order valence-corrected chi connectivity index (χ2v) is 7.48. The third kappa shape index (κ3) is 5.75. The molecule has 1 fully saturated rings. The van der Waals surface area contributed by atoms with Crippen LogP contribution in [0.1, 0.15) is 43.2 Å². The second-order valence-electron chi connectivity index (χ2n) is 7.48. The minimum absolute atomic E-state index is 0.542. The van der Waals surface area contributed by atoms with E-state index in [9.17, 15) is 0 Å². The molecule has 0 radical (unpaired) electrons. The van der Waals surface area contributed by atoms with Gasteiger partial charge in [0.15, 0.2) is 5.96 Å². The number of likely N-dealkylation sites (tertiary alicyclic amines) is 1. The van der Waals surface area contributed by atoms with E-state index >= 15 is 0 Å². The third-order valence-electron chi connectivity index (χ3n) is 5.12. The Labute approximate surface area is 168 Å². The number of aromatic nitrogens is 2. The Hall–Kier alpha value is -2.50. The molecular formula is C22H33N5O. The van der Waals surface area contributed by atoms with Crippen molar-refractivity contribution in [1.29, 1.82) is 0 Å². The number of aryl methyl sites for hydroxylation is 2. The lowest BCUT2D eigenvalue weighted by molar-refractivity contribution is 0.307. The van der Waals surface area contributed by atoms with E-state index in [2.05, 4.69) is 47.5 Å². The molecule has 1 aromatic carbocycles. The molecule has 0 bridgehead atoms. The van der Waals surface area contributed by atoms with Gasteiger partial charge in [0.1, 0.15) is 5.75 Å². The number of hydrogen-bond donors (Lipinski definition) is 1. The van der Waals surface area contributed by atoms with Gasteiger partial charge in [-0.25, -0.2) is 0 Å². The average Bonchev–Trinajstić information content (AvgIpc) is 3.34. The van der Waals surface area contributed by atoms with E-state index in [1.54, 1.807) is 0 Å². The van der Waals surface area contributed by atoms with Crippen LogP contribution in [-0.2, 0) is 7.05 Å². The summed E-state index contributed by atoms with van der Waals surface area (Å²) in [7, 11) is 1.98. The summed E-state index contributed by atoms with van der Waals surface area (Å²) < 4.78 is 7.68. The van der Waals surface area contributed by atoms with Gasteiger partial charge in [-0.05, 0) is 50.8 Å². The zero-order valence-electron chi connectivity index (χ0n) is 17.4. The van der Waals surface area contributed by atoms with Gasteiger partial charge in [0, 0.05) is 45.3 Å². The molecule has 152 valence electrons. The number of hydrogen-bond acceptors (Lipinski definition) is 3. The minimum Gasteiger partial charge on any atom is -0.494 e. The highest BCUT2D eigenvalue weighted by Crippen LogP contribution is 2.26. The molecule has 2 heterocycles. The Balaban J connectivity index is 1.42. The SMILES string of the molecule is CCNC(=NCCCCOc1ccc(C)cc1)N1CCC(c2cnn(C)c2)C1. The normalized spacial score (nSPS) is 17.2. The van der Waals surface area contributed by atoms with E-state index in [1.165, 1.54) is 11.1 Å². The van der Waals surface area contributed by atoms with Crippen LogP contribution in [0.4, 0.5) is 0 Å². The van der Waals surface area contributed by atoms with Crippen molar-refractivity contribution in [3.63, 3.8) is 0 Å². The molecule has 1 saturated heterocycles. The highest BCUT2D eigenvalue weighted by molar-refractivity contribution is 5.80. The van der Waals surface area contributed by atoms with Crippen molar-refractivity contribution >= 4 is 5.96 Å². The van der Waals surface area contributed by atoms with Gasteiger partial charge in [0.25, 0.3) is 0 Å². The topological polar surface area (TPSA) is 54.7 Å². The number of nitrogens with zero attached hydrogens (tertiary/aromatic N) is 4. The van der Waals surface area contributed by atoms with Crippen molar-refractivity contribution in [2.45, 2.75) is 39.0 Å². The first-order valence-electron chi connectivity index (χ1n) is 10.4. The Bertz CT molecular complexity index is 753. The molecule has 0 aliphatic carbocycles. The summed E-state index contributed by atoms with van der Waals surface area (Å²) in [6, 6.07) is 8.22. The van der Waals surface area contributed by atoms with Crippen LogP contribution in [0.5, 0.6) is 5.75 Å². The van der Waals surface area contributed by atoms with Gasteiger partial charge in [0.05, 0.1) is 12.8 Å². The summed E-state index contributed by atoms with van der Waals surface area (Å²) in [5.41, 5.74) is 2.58. The van der Waals surface area contributed by atoms with Crippen molar-refractivity contribution in [2.75, 3.05) is 32.8 Å². The van der Waals surface area contributed by atoms with Crippen LogP contribution >= 0.6 is 0 Å². The Kier molecular flexibility index (Phi) is 7.34. The Morgan fingerprint density at radius 2 is 2.11 bits per heavy atom. The molecule has 0 amide bonds. The maximum Gasteiger partial charge on any atom is 0.193 e. The van der Waals surface area contributed by atoms with E-state index in [0.717, 1.165) is 63.8 Å². The van der Waals surface area contributed by atoms with Crippen molar-refractivity contribution < 1.29 is 4.74 Å². The van der Waals surface area contributed by atoms with Crippen LogP contribution < -0.4 is 10.1 Å². The maximum absolute atomic E-state index is 5.80. The molecule has 3 rings (SSSR count). The lowest BCUT2D eigenvalue weighted by Crippen LogP contribution is -2.40. The number of benzene rings is 1. The molecule has 1 aliphatic heterocycles. The molecule has 0 spiro atoms. The van der Waals surface area contributed by atoms with Crippen LogP contribution in [0, 0.1) is 6.92 Å². The van der Waals surface area contributed by atoms with Crippen LogP contribution in [0.2, 0.25) is 0 Å². The molecule has 6 nitrogen and oxygen atoms in total. The zero-order valence-corrected chi connectivity index (χ0v) is 17.4. The van der Waals surface area contributed by atoms with Crippen LogP contribution in [0.3, 0.4) is 0 Å². The molecule has 6 heteroatoms. The fraction of sp³-hybridized carbons (Fsp3) is 0.545. The Morgan fingerprint density at radius 3 is 2.82 bits per heavy atom. The maximum atomic E-state index is 5.80. The third-order valence-corrected chi connectivity index (χ3v) is 5.12. The quantitative estimate of drug-likeness (QED) is 0.432. The number of guanidine groups is 1. The lowest BCUT2D eigenvalue weighted by Gasteiger charge is -2.21. The van der Waals surface area contributed by atoms with Gasteiger partial charge < -0.3 is 15.0 Å². The molecular weight excluding hydrogens is 350 g/mol. The summed E-state index contributed by atoms with van der Waals surface area (Å²) >= 11 is 0. The van der Waals surface area contributed by atoms with Crippen LogP contribution in [-0.4, -0.2) is 53.4 Å².